The number of nitrogens with zero attached hydrogens (tertiary/aromatic N) is 2. The van der Waals surface area contributed by atoms with Crippen molar-refractivity contribution < 1.29 is 14.3 Å². The first-order valence-electron chi connectivity index (χ1n) is 8.91. The zero-order chi connectivity index (χ0) is 20.1. The third-order valence-electron chi connectivity index (χ3n) is 4.64. The molecule has 144 valence electrons. The Kier molecular flexibility index (Phi) is 5.89. The highest BCUT2D eigenvalue weighted by molar-refractivity contribution is 5.94. The Morgan fingerprint density at radius 3 is 2.25 bits per heavy atom. The summed E-state index contributed by atoms with van der Waals surface area (Å²) in [5, 5.41) is 11.2. The SMILES string of the molecule is COc1cc(CNC(=O)c2ccc(-c3nncc(C)c3C)cc2)cc(OC)c1. The lowest BCUT2D eigenvalue weighted by molar-refractivity contribution is 0.0951. The summed E-state index contributed by atoms with van der Waals surface area (Å²) < 4.78 is 10.5. The molecule has 0 aliphatic heterocycles. The van der Waals surface area contributed by atoms with Crippen molar-refractivity contribution in [3.05, 3.63) is 70.9 Å². The van der Waals surface area contributed by atoms with Gasteiger partial charge in [0.1, 0.15) is 11.5 Å². The van der Waals surface area contributed by atoms with Crippen LogP contribution in [-0.2, 0) is 6.54 Å². The molecule has 0 atom stereocenters. The second-order valence-corrected chi connectivity index (χ2v) is 6.48. The van der Waals surface area contributed by atoms with Crippen molar-refractivity contribution in [3.63, 3.8) is 0 Å². The lowest BCUT2D eigenvalue weighted by Crippen LogP contribution is -2.22. The Morgan fingerprint density at radius 2 is 1.64 bits per heavy atom. The fraction of sp³-hybridized carbons (Fsp3) is 0.227. The predicted molar refractivity (Wildman–Crippen MR) is 108 cm³/mol. The van der Waals surface area contributed by atoms with Crippen molar-refractivity contribution in [1.82, 2.24) is 15.5 Å². The van der Waals surface area contributed by atoms with Gasteiger partial charge >= 0.3 is 0 Å². The maximum absolute atomic E-state index is 12.5. The quantitative estimate of drug-likeness (QED) is 0.709. The van der Waals surface area contributed by atoms with Crippen LogP contribution < -0.4 is 14.8 Å². The summed E-state index contributed by atoms with van der Waals surface area (Å²) in [6, 6.07) is 12.9. The van der Waals surface area contributed by atoms with Gasteiger partial charge in [-0.2, -0.15) is 10.2 Å². The molecule has 0 spiro atoms. The van der Waals surface area contributed by atoms with Crippen LogP contribution in [0.25, 0.3) is 11.3 Å². The van der Waals surface area contributed by atoms with Crippen LogP contribution in [0.1, 0.15) is 27.0 Å². The molecule has 6 nitrogen and oxygen atoms in total. The highest BCUT2D eigenvalue weighted by Crippen LogP contribution is 2.24. The Hall–Kier alpha value is -3.41. The van der Waals surface area contributed by atoms with Crippen molar-refractivity contribution in [3.8, 4) is 22.8 Å². The number of amides is 1. The Labute approximate surface area is 164 Å². The average Bonchev–Trinajstić information content (AvgIpc) is 2.73. The monoisotopic (exact) mass is 377 g/mol. The highest BCUT2D eigenvalue weighted by Gasteiger charge is 2.10. The molecule has 1 heterocycles. The number of ether oxygens (including phenoxy) is 2. The molecule has 0 unspecified atom stereocenters. The molecule has 0 saturated heterocycles. The van der Waals surface area contributed by atoms with E-state index < -0.39 is 0 Å². The van der Waals surface area contributed by atoms with Crippen LogP contribution in [-0.4, -0.2) is 30.3 Å². The molecule has 6 heteroatoms. The zero-order valence-corrected chi connectivity index (χ0v) is 16.4. The molecular weight excluding hydrogens is 354 g/mol. The normalized spacial score (nSPS) is 10.4. The summed E-state index contributed by atoms with van der Waals surface area (Å²) in [6.45, 7) is 4.39. The topological polar surface area (TPSA) is 73.3 Å². The number of carbonyl (C=O) groups is 1. The number of rotatable bonds is 6. The van der Waals surface area contributed by atoms with Gasteiger partial charge in [-0.15, -0.1) is 0 Å². The van der Waals surface area contributed by atoms with Crippen LogP contribution in [0.4, 0.5) is 0 Å². The number of aryl methyl sites for hydroxylation is 1. The van der Waals surface area contributed by atoms with Gasteiger partial charge in [-0.1, -0.05) is 12.1 Å². The lowest BCUT2D eigenvalue weighted by atomic mass is 10.0. The van der Waals surface area contributed by atoms with E-state index in [1.807, 2.05) is 38.1 Å². The molecule has 0 aliphatic rings. The first-order valence-corrected chi connectivity index (χ1v) is 8.91. The van der Waals surface area contributed by atoms with Gasteiger partial charge in [-0.3, -0.25) is 4.79 Å². The molecule has 28 heavy (non-hydrogen) atoms. The maximum Gasteiger partial charge on any atom is 0.251 e. The Balaban J connectivity index is 1.71. The second kappa shape index (κ2) is 8.52. The Bertz CT molecular complexity index is 963. The van der Waals surface area contributed by atoms with E-state index in [-0.39, 0.29) is 5.91 Å². The summed E-state index contributed by atoms with van der Waals surface area (Å²) in [4.78, 5) is 12.5. The molecule has 0 bridgehead atoms. The summed E-state index contributed by atoms with van der Waals surface area (Å²) in [5.41, 5.74) is 5.40. The summed E-state index contributed by atoms with van der Waals surface area (Å²) >= 11 is 0. The van der Waals surface area contributed by atoms with Crippen LogP contribution in [0, 0.1) is 13.8 Å². The first-order chi connectivity index (χ1) is 13.5. The van der Waals surface area contributed by atoms with Crippen molar-refractivity contribution in [2.75, 3.05) is 14.2 Å². The van der Waals surface area contributed by atoms with Crippen LogP contribution in [0.2, 0.25) is 0 Å². The van der Waals surface area contributed by atoms with Gasteiger partial charge in [0.15, 0.2) is 0 Å². The predicted octanol–water partition coefficient (Wildman–Crippen LogP) is 3.71. The third-order valence-corrected chi connectivity index (χ3v) is 4.64. The fourth-order valence-corrected chi connectivity index (χ4v) is 2.84. The Morgan fingerprint density at radius 1 is 1.00 bits per heavy atom. The zero-order valence-electron chi connectivity index (χ0n) is 16.4. The van der Waals surface area contributed by atoms with Gasteiger partial charge in [0.2, 0.25) is 0 Å². The molecule has 1 N–H and O–H groups in total. The van der Waals surface area contributed by atoms with Gasteiger partial charge in [0.25, 0.3) is 5.91 Å². The molecule has 2 aromatic carbocycles. The van der Waals surface area contributed by atoms with E-state index in [0.29, 0.717) is 23.6 Å². The minimum atomic E-state index is -0.152. The van der Waals surface area contributed by atoms with E-state index >= 15 is 0 Å². The maximum atomic E-state index is 12.5. The number of nitrogens with one attached hydrogen (secondary N) is 1. The molecule has 1 amide bonds. The summed E-state index contributed by atoms with van der Waals surface area (Å²) in [7, 11) is 3.19. The number of carbonyl (C=O) groups excluding carboxylic acids is 1. The van der Waals surface area contributed by atoms with Gasteiger partial charge in [-0.05, 0) is 54.8 Å². The summed E-state index contributed by atoms with van der Waals surface area (Å²) in [5.74, 6) is 1.21. The molecule has 0 fully saturated rings. The van der Waals surface area contributed by atoms with Gasteiger partial charge in [-0.25, -0.2) is 0 Å². The third kappa shape index (κ3) is 4.28. The smallest absolute Gasteiger partial charge is 0.251 e. The number of aromatic nitrogens is 2. The minimum Gasteiger partial charge on any atom is -0.497 e. The van der Waals surface area contributed by atoms with Crippen molar-refractivity contribution >= 4 is 5.91 Å². The van der Waals surface area contributed by atoms with E-state index in [9.17, 15) is 4.79 Å². The average molecular weight is 377 g/mol. The van der Waals surface area contributed by atoms with Gasteiger partial charge in [0.05, 0.1) is 26.1 Å². The summed E-state index contributed by atoms with van der Waals surface area (Å²) in [6.07, 6.45) is 1.74. The first kappa shape index (κ1) is 19.4. The van der Waals surface area contributed by atoms with Crippen LogP contribution in [0.5, 0.6) is 11.5 Å². The molecule has 0 radical (unpaired) electrons. The van der Waals surface area contributed by atoms with E-state index in [0.717, 1.165) is 27.9 Å². The lowest BCUT2D eigenvalue weighted by Gasteiger charge is -2.10. The van der Waals surface area contributed by atoms with Crippen LogP contribution >= 0.6 is 0 Å². The van der Waals surface area contributed by atoms with Gasteiger partial charge < -0.3 is 14.8 Å². The second-order valence-electron chi connectivity index (χ2n) is 6.48. The standard InChI is InChI=1S/C22H23N3O3/c1-14-12-24-25-21(15(14)2)17-5-7-18(8-6-17)22(26)23-13-16-9-19(27-3)11-20(10-16)28-4/h5-12H,13H2,1-4H3,(H,23,26). The molecule has 0 aliphatic carbocycles. The van der Waals surface area contributed by atoms with E-state index in [1.54, 1.807) is 38.6 Å². The molecule has 1 aromatic heterocycles. The van der Waals surface area contributed by atoms with E-state index in [1.165, 1.54) is 0 Å². The largest absolute Gasteiger partial charge is 0.497 e. The number of benzene rings is 2. The molecule has 3 rings (SSSR count). The number of methoxy groups -OCH3 is 2. The molecular formula is C22H23N3O3. The fourth-order valence-electron chi connectivity index (χ4n) is 2.84. The minimum absolute atomic E-state index is 0.152. The van der Waals surface area contributed by atoms with Crippen molar-refractivity contribution in [2.45, 2.75) is 20.4 Å². The van der Waals surface area contributed by atoms with E-state index in [2.05, 4.69) is 15.5 Å². The molecule has 0 saturated carbocycles. The van der Waals surface area contributed by atoms with Crippen molar-refractivity contribution in [2.24, 2.45) is 0 Å². The van der Waals surface area contributed by atoms with Crippen LogP contribution in [0.15, 0.2) is 48.7 Å². The van der Waals surface area contributed by atoms with Crippen LogP contribution in [0.3, 0.4) is 0 Å². The molecule has 3 aromatic rings. The number of hydrogen-bond donors (Lipinski definition) is 1. The highest BCUT2D eigenvalue weighted by atomic mass is 16.5. The van der Waals surface area contributed by atoms with Gasteiger partial charge in [0, 0.05) is 23.7 Å². The van der Waals surface area contributed by atoms with Crippen molar-refractivity contribution in [1.29, 1.82) is 0 Å². The van der Waals surface area contributed by atoms with E-state index in [4.69, 9.17) is 9.47 Å². The number of hydrogen-bond acceptors (Lipinski definition) is 5.